The minimum absolute atomic E-state index is 0.00475. The zero-order chi connectivity index (χ0) is 26.0. The number of anilines is 1. The number of aliphatic hydroxyl groups is 1. The van der Waals surface area contributed by atoms with Crippen molar-refractivity contribution in [2.45, 2.75) is 73.4 Å². The molecule has 1 aromatic carbocycles. The van der Waals surface area contributed by atoms with Crippen molar-refractivity contribution in [1.82, 2.24) is 10.2 Å². The Balaban J connectivity index is 1.61. The lowest BCUT2D eigenvalue weighted by atomic mass is 9.70. The van der Waals surface area contributed by atoms with Gasteiger partial charge in [0, 0.05) is 35.0 Å². The highest BCUT2D eigenvalue weighted by atomic mass is 79.9. The SMILES string of the molecule is CCCC(C)NC(=O)C1N(CCCO)C(=O)[C@@H]2[C@@H](C(=O)Nc3ccc(OCC)cc3)[C@@H]3SC12CC3Br. The van der Waals surface area contributed by atoms with Gasteiger partial charge in [0.1, 0.15) is 11.8 Å². The molecule has 0 radical (unpaired) electrons. The number of thioether (sulfide) groups is 1. The Morgan fingerprint density at radius 2 is 2.00 bits per heavy atom. The summed E-state index contributed by atoms with van der Waals surface area (Å²) in [7, 11) is 0. The number of likely N-dealkylation sites (tertiary alicyclic amines) is 1. The molecular weight excluding hydrogens is 546 g/mol. The second kappa shape index (κ2) is 11.3. The molecule has 3 aliphatic heterocycles. The molecule has 3 amide bonds. The van der Waals surface area contributed by atoms with Crippen LogP contribution in [0.5, 0.6) is 5.75 Å². The van der Waals surface area contributed by atoms with E-state index in [9.17, 15) is 19.5 Å². The van der Waals surface area contributed by atoms with E-state index in [0.29, 0.717) is 31.7 Å². The van der Waals surface area contributed by atoms with Crippen LogP contribution >= 0.6 is 27.7 Å². The number of fused-ring (bicyclic) bond motifs is 1. The Labute approximate surface area is 225 Å². The van der Waals surface area contributed by atoms with Gasteiger partial charge in [0.05, 0.1) is 23.2 Å². The number of hydrogen-bond donors (Lipinski definition) is 3. The van der Waals surface area contributed by atoms with Crippen molar-refractivity contribution in [2.24, 2.45) is 11.8 Å². The van der Waals surface area contributed by atoms with Gasteiger partial charge in [-0.25, -0.2) is 0 Å². The number of nitrogens with zero attached hydrogens (tertiary/aromatic N) is 1. The number of amides is 3. The molecular formula is C26H36BrN3O5S. The molecule has 2 bridgehead atoms. The Kier molecular flexibility index (Phi) is 8.56. The number of nitrogens with one attached hydrogen (secondary N) is 2. The number of aliphatic hydroxyl groups excluding tert-OH is 1. The van der Waals surface area contributed by atoms with Crippen LogP contribution < -0.4 is 15.4 Å². The number of benzene rings is 1. The van der Waals surface area contributed by atoms with Crippen molar-refractivity contribution in [1.29, 1.82) is 0 Å². The lowest BCUT2D eigenvalue weighted by Gasteiger charge is -2.35. The third kappa shape index (κ3) is 4.88. The fraction of sp³-hybridized carbons (Fsp3) is 0.654. The summed E-state index contributed by atoms with van der Waals surface area (Å²) in [5.41, 5.74) is 0.640. The maximum absolute atomic E-state index is 13.8. The molecule has 8 nitrogen and oxygen atoms in total. The molecule has 3 heterocycles. The smallest absolute Gasteiger partial charge is 0.244 e. The molecule has 3 saturated heterocycles. The maximum atomic E-state index is 13.8. The van der Waals surface area contributed by atoms with Crippen LogP contribution in [0, 0.1) is 11.8 Å². The van der Waals surface area contributed by atoms with Crippen LogP contribution in [-0.2, 0) is 14.4 Å². The maximum Gasteiger partial charge on any atom is 0.244 e. The van der Waals surface area contributed by atoms with Gasteiger partial charge in [-0.05, 0) is 57.4 Å². The van der Waals surface area contributed by atoms with Crippen molar-refractivity contribution in [3.8, 4) is 5.75 Å². The van der Waals surface area contributed by atoms with E-state index < -0.39 is 22.6 Å². The third-order valence-corrected chi connectivity index (χ3v) is 10.7. The molecule has 0 aliphatic carbocycles. The second-order valence-corrected chi connectivity index (χ2v) is 12.6. The van der Waals surface area contributed by atoms with Crippen LogP contribution in [-0.4, -0.2) is 74.4 Å². The molecule has 3 aliphatic rings. The van der Waals surface area contributed by atoms with E-state index >= 15 is 0 Å². The number of hydrogen-bond acceptors (Lipinski definition) is 6. The van der Waals surface area contributed by atoms with E-state index in [1.54, 1.807) is 40.9 Å². The average molecular weight is 583 g/mol. The predicted octanol–water partition coefficient (Wildman–Crippen LogP) is 3.18. The molecule has 0 aromatic heterocycles. The van der Waals surface area contributed by atoms with Gasteiger partial charge >= 0.3 is 0 Å². The molecule has 1 aromatic rings. The van der Waals surface area contributed by atoms with Crippen LogP contribution in [0.3, 0.4) is 0 Å². The number of ether oxygens (including phenoxy) is 1. The monoisotopic (exact) mass is 581 g/mol. The van der Waals surface area contributed by atoms with Gasteiger partial charge in [-0.1, -0.05) is 29.3 Å². The summed E-state index contributed by atoms with van der Waals surface area (Å²) in [6, 6.07) is 6.52. The van der Waals surface area contributed by atoms with E-state index in [1.807, 2.05) is 13.8 Å². The highest BCUT2D eigenvalue weighted by molar-refractivity contribution is 9.09. The summed E-state index contributed by atoms with van der Waals surface area (Å²) in [5.74, 6) is -0.946. The molecule has 4 unspecified atom stereocenters. The van der Waals surface area contributed by atoms with Gasteiger partial charge in [-0.2, -0.15) is 0 Å². The van der Waals surface area contributed by atoms with E-state index in [0.717, 1.165) is 18.6 Å². The quantitative estimate of drug-likeness (QED) is 0.346. The topological polar surface area (TPSA) is 108 Å². The normalized spacial score (nSPS) is 31.3. The summed E-state index contributed by atoms with van der Waals surface area (Å²) in [4.78, 5) is 42.7. The largest absolute Gasteiger partial charge is 0.494 e. The summed E-state index contributed by atoms with van der Waals surface area (Å²) in [6.45, 7) is 6.74. The molecule has 198 valence electrons. The summed E-state index contributed by atoms with van der Waals surface area (Å²) >= 11 is 5.39. The van der Waals surface area contributed by atoms with Gasteiger partial charge in [0.15, 0.2) is 0 Å². The molecule has 3 N–H and O–H groups in total. The summed E-state index contributed by atoms with van der Waals surface area (Å²) < 4.78 is 4.80. The van der Waals surface area contributed by atoms with Crippen LogP contribution in [0.1, 0.15) is 46.5 Å². The minimum Gasteiger partial charge on any atom is -0.494 e. The molecule has 0 saturated carbocycles. The number of rotatable bonds is 11. The van der Waals surface area contributed by atoms with Gasteiger partial charge in [0.25, 0.3) is 0 Å². The van der Waals surface area contributed by atoms with Crippen LogP contribution in [0.2, 0.25) is 0 Å². The number of alkyl halides is 1. The van der Waals surface area contributed by atoms with E-state index in [4.69, 9.17) is 4.74 Å². The van der Waals surface area contributed by atoms with E-state index in [1.165, 1.54) is 0 Å². The first-order valence-corrected chi connectivity index (χ1v) is 14.6. The van der Waals surface area contributed by atoms with Crippen LogP contribution in [0.15, 0.2) is 24.3 Å². The van der Waals surface area contributed by atoms with Gasteiger partial charge in [0.2, 0.25) is 17.7 Å². The Hall–Kier alpha value is -1.78. The van der Waals surface area contributed by atoms with Gasteiger partial charge in [-0.15, -0.1) is 11.8 Å². The molecule has 7 atom stereocenters. The first kappa shape index (κ1) is 27.3. The number of carbonyl (C=O) groups excluding carboxylic acids is 3. The Morgan fingerprint density at radius 3 is 2.64 bits per heavy atom. The second-order valence-electron chi connectivity index (χ2n) is 9.92. The van der Waals surface area contributed by atoms with Crippen molar-refractivity contribution in [3.05, 3.63) is 24.3 Å². The zero-order valence-corrected chi connectivity index (χ0v) is 23.4. The minimum atomic E-state index is -0.678. The lowest BCUT2D eigenvalue weighted by Crippen LogP contribution is -2.55. The molecule has 3 fully saturated rings. The highest BCUT2D eigenvalue weighted by Gasteiger charge is 2.75. The highest BCUT2D eigenvalue weighted by Crippen LogP contribution is 2.67. The summed E-state index contributed by atoms with van der Waals surface area (Å²) in [6.07, 6.45) is 2.82. The first-order chi connectivity index (χ1) is 17.3. The first-order valence-electron chi connectivity index (χ1n) is 12.8. The van der Waals surface area contributed by atoms with E-state index in [2.05, 4.69) is 33.5 Å². The molecule has 36 heavy (non-hydrogen) atoms. The van der Waals surface area contributed by atoms with Crippen LogP contribution in [0.25, 0.3) is 0 Å². The molecule has 10 heteroatoms. The molecule has 4 rings (SSSR count). The fourth-order valence-electron chi connectivity index (χ4n) is 6.06. The van der Waals surface area contributed by atoms with E-state index in [-0.39, 0.29) is 40.4 Å². The zero-order valence-electron chi connectivity index (χ0n) is 21.0. The summed E-state index contributed by atoms with van der Waals surface area (Å²) in [5, 5.41) is 15.5. The van der Waals surface area contributed by atoms with Crippen molar-refractivity contribution >= 4 is 51.1 Å². The predicted molar refractivity (Wildman–Crippen MR) is 144 cm³/mol. The third-order valence-electron chi connectivity index (χ3n) is 7.44. The fourth-order valence-corrected chi connectivity index (χ4v) is 9.68. The van der Waals surface area contributed by atoms with Gasteiger partial charge in [-0.3, -0.25) is 14.4 Å². The van der Waals surface area contributed by atoms with Crippen LogP contribution in [0.4, 0.5) is 5.69 Å². The van der Waals surface area contributed by atoms with Crippen molar-refractivity contribution in [2.75, 3.05) is 25.1 Å². The lowest BCUT2D eigenvalue weighted by molar-refractivity contribution is -0.139. The van der Waals surface area contributed by atoms with Gasteiger partial charge < -0.3 is 25.4 Å². The standard InChI is InChI=1S/C26H36BrN3O5S/c1-4-7-15(3)28-24(33)22-26-14-18(27)21(36-26)19(20(26)25(34)30(22)12-6-13-31)23(32)29-16-8-10-17(11-9-16)35-5-2/h8-11,15,18-22,31H,4-7,12-14H2,1-3H3,(H,28,33)(H,29,32)/t15?,18?,19-,20+,21-,22?,26?/m1/s1. The number of carbonyl (C=O) groups is 3. The van der Waals surface area contributed by atoms with Crippen molar-refractivity contribution in [3.63, 3.8) is 0 Å². The average Bonchev–Trinajstić information content (AvgIpc) is 3.42. The number of halogens is 1. The Morgan fingerprint density at radius 1 is 1.28 bits per heavy atom. The Bertz CT molecular complexity index is 979. The van der Waals surface area contributed by atoms with Crippen molar-refractivity contribution < 1.29 is 24.2 Å². The molecule has 1 spiro atoms.